The van der Waals surface area contributed by atoms with E-state index in [1.165, 1.54) is 43.3 Å². The zero-order chi connectivity index (χ0) is 15.8. The van der Waals surface area contributed by atoms with Gasteiger partial charge < -0.3 is 15.2 Å². The summed E-state index contributed by atoms with van der Waals surface area (Å²) in [5.41, 5.74) is 0.468. The van der Waals surface area contributed by atoms with Crippen LogP contribution < -0.4 is 10.2 Å². The third-order valence-corrected chi connectivity index (χ3v) is 2.96. The first kappa shape index (κ1) is 16.9. The lowest BCUT2D eigenvalue weighted by atomic mass is 10.1. The molecule has 0 saturated carbocycles. The highest BCUT2D eigenvalue weighted by Crippen LogP contribution is 2.13. The van der Waals surface area contributed by atoms with Crippen LogP contribution in [0.25, 0.3) is 0 Å². The molecule has 0 aromatic heterocycles. The number of benzene rings is 1. The molecule has 0 saturated heterocycles. The lowest BCUT2D eigenvalue weighted by Crippen LogP contribution is -2.46. The maximum absolute atomic E-state index is 12.8. The fourth-order valence-corrected chi connectivity index (χ4v) is 1.72. The van der Waals surface area contributed by atoms with Gasteiger partial charge in [0.2, 0.25) is 0 Å². The van der Waals surface area contributed by atoms with Crippen molar-refractivity contribution < 1.29 is 23.8 Å². The molecule has 2 N–H and O–H groups in total. The molecule has 0 spiro atoms. The molecule has 6 nitrogen and oxygen atoms in total. The van der Waals surface area contributed by atoms with E-state index in [0.29, 0.717) is 18.7 Å². The topological polar surface area (TPSA) is 78.9 Å². The summed E-state index contributed by atoms with van der Waals surface area (Å²) in [5, 5.41) is 11.5. The summed E-state index contributed by atoms with van der Waals surface area (Å²) in [4.78, 5) is 24.3. The minimum Gasteiger partial charge on any atom is -0.480 e. The highest BCUT2D eigenvalue weighted by molar-refractivity contribution is 5.93. The zero-order valence-corrected chi connectivity index (χ0v) is 12.0. The van der Waals surface area contributed by atoms with Gasteiger partial charge in [-0.05, 0) is 37.1 Å². The molecule has 1 rings (SSSR count). The number of nitrogens with zero attached hydrogens (tertiary/aromatic N) is 1. The number of hydrogen-bond donors (Lipinski definition) is 2. The molecular formula is C14H19FN2O4. The number of aliphatic carboxylic acids is 1. The number of amides is 2. The highest BCUT2D eigenvalue weighted by Gasteiger charge is 2.21. The Hall–Kier alpha value is -2.15. The summed E-state index contributed by atoms with van der Waals surface area (Å²) in [6, 6.07) is 3.78. The fraction of sp³-hybridized carbons (Fsp3) is 0.429. The summed E-state index contributed by atoms with van der Waals surface area (Å²) in [6.07, 6.45) is 0.792. The Balaban J connectivity index is 2.63. The molecule has 21 heavy (non-hydrogen) atoms. The van der Waals surface area contributed by atoms with Gasteiger partial charge in [0.25, 0.3) is 0 Å². The second-order valence-electron chi connectivity index (χ2n) is 4.51. The van der Waals surface area contributed by atoms with Crippen LogP contribution in [0.1, 0.15) is 12.8 Å². The number of anilines is 1. The number of carboxylic acids is 1. The average molecular weight is 298 g/mol. The van der Waals surface area contributed by atoms with Crippen molar-refractivity contribution in [3.05, 3.63) is 30.1 Å². The number of carbonyl (C=O) groups is 2. The van der Waals surface area contributed by atoms with E-state index in [4.69, 9.17) is 9.84 Å². The van der Waals surface area contributed by atoms with E-state index in [9.17, 15) is 14.0 Å². The number of carboxylic acid groups (broad SMARTS) is 1. The van der Waals surface area contributed by atoms with E-state index in [2.05, 4.69) is 5.32 Å². The number of halogens is 1. The maximum atomic E-state index is 12.8. The number of rotatable bonds is 7. The summed E-state index contributed by atoms with van der Waals surface area (Å²) in [6.45, 7) is 0.424. The molecule has 0 bridgehead atoms. The molecule has 0 aliphatic carbocycles. The second-order valence-corrected chi connectivity index (χ2v) is 4.51. The zero-order valence-electron chi connectivity index (χ0n) is 12.0. The van der Waals surface area contributed by atoms with E-state index >= 15 is 0 Å². The molecule has 0 aliphatic heterocycles. The van der Waals surface area contributed by atoms with Gasteiger partial charge in [-0.1, -0.05) is 0 Å². The van der Waals surface area contributed by atoms with Crippen LogP contribution in [0.5, 0.6) is 0 Å². The van der Waals surface area contributed by atoms with Gasteiger partial charge in [0.05, 0.1) is 0 Å². The summed E-state index contributed by atoms with van der Waals surface area (Å²) in [7, 11) is 3.01. The van der Waals surface area contributed by atoms with Gasteiger partial charge in [0.1, 0.15) is 11.9 Å². The molecule has 1 aromatic rings. The molecule has 0 radical (unpaired) electrons. The van der Waals surface area contributed by atoms with Crippen molar-refractivity contribution in [3.63, 3.8) is 0 Å². The molecule has 0 aliphatic rings. The van der Waals surface area contributed by atoms with Crippen molar-refractivity contribution in [1.82, 2.24) is 5.32 Å². The number of ether oxygens (including phenoxy) is 1. The first-order valence-electron chi connectivity index (χ1n) is 6.47. The lowest BCUT2D eigenvalue weighted by Gasteiger charge is -2.21. The van der Waals surface area contributed by atoms with Crippen molar-refractivity contribution >= 4 is 17.7 Å². The highest BCUT2D eigenvalue weighted by atomic mass is 19.1. The van der Waals surface area contributed by atoms with Gasteiger partial charge in [-0.3, -0.25) is 4.90 Å². The number of carbonyl (C=O) groups excluding carboxylic acids is 1. The van der Waals surface area contributed by atoms with Crippen LogP contribution in [0.3, 0.4) is 0 Å². The Morgan fingerprint density at radius 3 is 2.52 bits per heavy atom. The van der Waals surface area contributed by atoms with E-state index in [1.54, 1.807) is 0 Å². The Morgan fingerprint density at radius 2 is 2.00 bits per heavy atom. The van der Waals surface area contributed by atoms with Crippen molar-refractivity contribution in [3.8, 4) is 0 Å². The third-order valence-electron chi connectivity index (χ3n) is 2.96. The van der Waals surface area contributed by atoms with Crippen molar-refractivity contribution in [1.29, 1.82) is 0 Å². The predicted molar refractivity (Wildman–Crippen MR) is 75.9 cm³/mol. The van der Waals surface area contributed by atoms with Gasteiger partial charge in [-0.25, -0.2) is 14.0 Å². The molecule has 0 fully saturated rings. The normalized spacial score (nSPS) is 11.8. The number of nitrogens with one attached hydrogen (secondary N) is 1. The third kappa shape index (κ3) is 5.39. The molecule has 1 unspecified atom stereocenters. The quantitative estimate of drug-likeness (QED) is 0.753. The summed E-state index contributed by atoms with van der Waals surface area (Å²) in [5.74, 6) is -1.51. The van der Waals surface area contributed by atoms with E-state index < -0.39 is 23.9 Å². The van der Waals surface area contributed by atoms with Crippen molar-refractivity contribution in [2.75, 3.05) is 25.7 Å². The monoisotopic (exact) mass is 298 g/mol. The van der Waals surface area contributed by atoms with Crippen LogP contribution in [0.2, 0.25) is 0 Å². The summed E-state index contributed by atoms with van der Waals surface area (Å²) < 4.78 is 17.7. The van der Waals surface area contributed by atoms with Gasteiger partial charge in [0, 0.05) is 26.5 Å². The maximum Gasteiger partial charge on any atom is 0.326 e. The SMILES string of the molecule is COCCCC(NC(=O)N(C)c1ccc(F)cc1)C(=O)O. The Labute approximate surface area is 122 Å². The standard InChI is InChI=1S/C14H19FN2O4/c1-17(11-7-5-10(15)6-8-11)14(20)16-12(13(18)19)4-3-9-21-2/h5-8,12H,3-4,9H2,1-2H3,(H,16,20)(H,18,19). The molecule has 2 amide bonds. The fourth-order valence-electron chi connectivity index (χ4n) is 1.72. The smallest absolute Gasteiger partial charge is 0.326 e. The average Bonchev–Trinajstić information content (AvgIpc) is 2.46. The first-order chi connectivity index (χ1) is 9.95. The Kier molecular flexibility index (Phi) is 6.61. The molecule has 7 heteroatoms. The van der Waals surface area contributed by atoms with Crippen LogP contribution in [-0.2, 0) is 9.53 Å². The number of methoxy groups -OCH3 is 1. The molecular weight excluding hydrogens is 279 g/mol. The second kappa shape index (κ2) is 8.21. The minimum absolute atomic E-state index is 0.270. The van der Waals surface area contributed by atoms with Crippen LogP contribution >= 0.6 is 0 Å². The van der Waals surface area contributed by atoms with Crippen molar-refractivity contribution in [2.24, 2.45) is 0 Å². The molecule has 116 valence electrons. The van der Waals surface area contributed by atoms with E-state index in [0.717, 1.165) is 0 Å². The van der Waals surface area contributed by atoms with Crippen LogP contribution in [0.15, 0.2) is 24.3 Å². The van der Waals surface area contributed by atoms with E-state index in [-0.39, 0.29) is 6.42 Å². The van der Waals surface area contributed by atoms with Crippen LogP contribution in [-0.4, -0.2) is 43.9 Å². The molecule has 0 heterocycles. The Bertz CT molecular complexity index is 478. The predicted octanol–water partition coefficient (Wildman–Crippen LogP) is 1.85. The molecule has 1 aromatic carbocycles. The lowest BCUT2D eigenvalue weighted by molar-refractivity contribution is -0.139. The van der Waals surface area contributed by atoms with Gasteiger partial charge in [0.15, 0.2) is 0 Å². The van der Waals surface area contributed by atoms with Crippen LogP contribution in [0.4, 0.5) is 14.9 Å². The first-order valence-corrected chi connectivity index (χ1v) is 6.47. The van der Waals surface area contributed by atoms with Gasteiger partial charge in [-0.15, -0.1) is 0 Å². The van der Waals surface area contributed by atoms with E-state index in [1.807, 2.05) is 0 Å². The minimum atomic E-state index is -1.10. The number of urea groups is 1. The van der Waals surface area contributed by atoms with Gasteiger partial charge in [-0.2, -0.15) is 0 Å². The largest absolute Gasteiger partial charge is 0.480 e. The van der Waals surface area contributed by atoms with Crippen LogP contribution in [0, 0.1) is 5.82 Å². The number of hydrogen-bond acceptors (Lipinski definition) is 3. The Morgan fingerprint density at radius 1 is 1.38 bits per heavy atom. The molecule has 1 atom stereocenters. The summed E-state index contributed by atoms with van der Waals surface area (Å²) >= 11 is 0. The van der Waals surface area contributed by atoms with Crippen molar-refractivity contribution in [2.45, 2.75) is 18.9 Å². The van der Waals surface area contributed by atoms with Gasteiger partial charge >= 0.3 is 12.0 Å².